The van der Waals surface area contributed by atoms with Crippen LogP contribution in [0.1, 0.15) is 1.43 Å². The summed E-state index contributed by atoms with van der Waals surface area (Å²) < 4.78 is 0. The van der Waals surface area contributed by atoms with Crippen molar-refractivity contribution in [3.8, 4) is 5.75 Å². The summed E-state index contributed by atoms with van der Waals surface area (Å²) in [6, 6.07) is 16.2. The van der Waals surface area contributed by atoms with Crippen molar-refractivity contribution in [3.05, 3.63) is 54.6 Å². The number of benzene rings is 2. The van der Waals surface area contributed by atoms with E-state index in [1.807, 2.05) is 30.3 Å². The van der Waals surface area contributed by atoms with Crippen molar-refractivity contribution in [1.82, 2.24) is 0 Å². The number of rotatable bonds is 2. The van der Waals surface area contributed by atoms with Gasteiger partial charge in [-0.1, -0.05) is 30.3 Å². The van der Waals surface area contributed by atoms with Crippen molar-refractivity contribution >= 4 is 11.4 Å². The number of azo groups is 1. The van der Waals surface area contributed by atoms with Crippen LogP contribution < -0.4 is 0 Å². The SMILES string of the molecule is Oc1ccccc1N=Nc1ccccc1.[H]. The molecule has 0 bridgehead atoms. The lowest BCUT2D eigenvalue weighted by molar-refractivity contribution is 0.476. The molecule has 2 aromatic rings. The molecule has 0 unspecified atom stereocenters. The molecule has 0 aliphatic carbocycles. The van der Waals surface area contributed by atoms with Crippen molar-refractivity contribution in [3.63, 3.8) is 0 Å². The highest BCUT2D eigenvalue weighted by atomic mass is 16.3. The van der Waals surface area contributed by atoms with Gasteiger partial charge in [0.1, 0.15) is 11.4 Å². The van der Waals surface area contributed by atoms with E-state index in [-0.39, 0.29) is 7.18 Å². The van der Waals surface area contributed by atoms with Gasteiger partial charge >= 0.3 is 0 Å². The molecule has 1 radical (unpaired) electrons. The van der Waals surface area contributed by atoms with Crippen molar-refractivity contribution < 1.29 is 6.53 Å². The van der Waals surface area contributed by atoms with Gasteiger partial charge in [-0.25, -0.2) is 0 Å². The van der Waals surface area contributed by atoms with E-state index in [9.17, 15) is 5.11 Å². The minimum Gasteiger partial charge on any atom is -0.506 e. The minimum atomic E-state index is 0. The first kappa shape index (κ1) is 9.40. The van der Waals surface area contributed by atoms with Gasteiger partial charge in [0.2, 0.25) is 0 Å². The fourth-order valence-electron chi connectivity index (χ4n) is 1.15. The Bertz CT molecular complexity index is 471. The predicted molar refractivity (Wildman–Crippen MR) is 59.8 cm³/mol. The monoisotopic (exact) mass is 199 g/mol. The lowest BCUT2D eigenvalue weighted by Gasteiger charge is -1.95. The molecular weight excluding hydrogens is 188 g/mol. The molecule has 3 heteroatoms. The van der Waals surface area contributed by atoms with Gasteiger partial charge in [0, 0.05) is 1.43 Å². The number of phenolic OH excluding ortho intramolecular Hbond substituents is 1. The molecule has 0 aliphatic rings. The topological polar surface area (TPSA) is 45.0 Å². The van der Waals surface area contributed by atoms with Crippen molar-refractivity contribution in [2.45, 2.75) is 0 Å². The third kappa shape index (κ3) is 2.40. The van der Waals surface area contributed by atoms with Gasteiger partial charge in [-0.15, -0.1) is 5.11 Å². The van der Waals surface area contributed by atoms with Gasteiger partial charge in [-0.05, 0) is 24.3 Å². The molecule has 0 atom stereocenters. The van der Waals surface area contributed by atoms with E-state index in [4.69, 9.17) is 0 Å². The molecule has 0 fully saturated rings. The van der Waals surface area contributed by atoms with E-state index in [1.54, 1.807) is 24.3 Å². The molecule has 0 amide bonds. The van der Waals surface area contributed by atoms with Crippen LogP contribution in [0.2, 0.25) is 0 Å². The van der Waals surface area contributed by atoms with Crippen LogP contribution in [0.25, 0.3) is 0 Å². The fraction of sp³-hybridized carbons (Fsp3) is 0. The summed E-state index contributed by atoms with van der Waals surface area (Å²) in [5.41, 5.74) is 1.24. The highest BCUT2D eigenvalue weighted by Crippen LogP contribution is 2.26. The molecule has 0 heterocycles. The zero-order valence-corrected chi connectivity index (χ0v) is 8.04. The molecule has 0 aromatic heterocycles. The molecular formula is C12H11N2O. The molecule has 3 nitrogen and oxygen atoms in total. The Morgan fingerprint density at radius 1 is 0.800 bits per heavy atom. The predicted octanol–water partition coefficient (Wildman–Crippen LogP) is 3.92. The van der Waals surface area contributed by atoms with Crippen LogP contribution in [-0.4, -0.2) is 5.11 Å². The Morgan fingerprint density at radius 3 is 2.20 bits per heavy atom. The third-order valence-electron chi connectivity index (χ3n) is 1.91. The summed E-state index contributed by atoms with van der Waals surface area (Å²) in [7, 11) is 0. The molecule has 2 aromatic carbocycles. The van der Waals surface area contributed by atoms with Crippen LogP contribution >= 0.6 is 0 Å². The smallest absolute Gasteiger partial charge is 0.143 e. The van der Waals surface area contributed by atoms with Gasteiger partial charge < -0.3 is 5.11 Å². The lowest BCUT2D eigenvalue weighted by Crippen LogP contribution is -1.66. The molecule has 0 saturated carbocycles. The number of aromatic hydroxyl groups is 1. The maximum Gasteiger partial charge on any atom is 0.143 e. The van der Waals surface area contributed by atoms with E-state index < -0.39 is 0 Å². The summed E-state index contributed by atoms with van der Waals surface area (Å²) in [6.45, 7) is 0. The van der Waals surface area contributed by atoms with Crippen molar-refractivity contribution in [2.24, 2.45) is 10.2 Å². The van der Waals surface area contributed by atoms with Crippen LogP contribution in [0.3, 0.4) is 0 Å². The highest BCUT2D eigenvalue weighted by molar-refractivity contribution is 5.50. The van der Waals surface area contributed by atoms with Crippen LogP contribution in [0.5, 0.6) is 5.75 Å². The number of hydrogen-bond acceptors (Lipinski definition) is 3. The largest absolute Gasteiger partial charge is 0.506 e. The lowest BCUT2D eigenvalue weighted by atomic mass is 10.3. The Labute approximate surface area is 89.2 Å². The fourth-order valence-corrected chi connectivity index (χ4v) is 1.15. The third-order valence-corrected chi connectivity index (χ3v) is 1.91. The Balaban J connectivity index is 0.00000128. The van der Waals surface area contributed by atoms with Gasteiger partial charge in [-0.2, -0.15) is 5.11 Å². The van der Waals surface area contributed by atoms with Gasteiger partial charge in [-0.3, -0.25) is 0 Å². The standard InChI is InChI=1S/C12H10N2O.H/c15-12-9-5-4-8-11(12)14-13-10-6-2-1-3-7-10;/h1-9,15H;. The van der Waals surface area contributed by atoms with Gasteiger partial charge in [0.15, 0.2) is 0 Å². The Morgan fingerprint density at radius 2 is 1.47 bits per heavy atom. The molecule has 15 heavy (non-hydrogen) atoms. The van der Waals surface area contributed by atoms with Crippen LogP contribution in [0.4, 0.5) is 11.4 Å². The van der Waals surface area contributed by atoms with Crippen molar-refractivity contribution in [2.75, 3.05) is 0 Å². The first-order chi connectivity index (χ1) is 7.36. The first-order valence-corrected chi connectivity index (χ1v) is 4.61. The number of para-hydroxylation sites is 1. The Hall–Kier alpha value is -2.16. The van der Waals surface area contributed by atoms with E-state index >= 15 is 0 Å². The number of phenols is 1. The van der Waals surface area contributed by atoms with Gasteiger partial charge in [0.25, 0.3) is 0 Å². The molecule has 1 N–H and O–H groups in total. The summed E-state index contributed by atoms with van der Waals surface area (Å²) in [6.07, 6.45) is 0. The van der Waals surface area contributed by atoms with Crippen LogP contribution in [-0.2, 0) is 0 Å². The number of hydrogen-bond donors (Lipinski definition) is 1. The van der Waals surface area contributed by atoms with E-state index in [0.29, 0.717) is 5.69 Å². The maximum absolute atomic E-state index is 9.43. The molecule has 0 aliphatic heterocycles. The van der Waals surface area contributed by atoms with Crippen molar-refractivity contribution in [1.29, 1.82) is 0 Å². The summed E-state index contributed by atoms with van der Waals surface area (Å²) in [5, 5.41) is 17.4. The van der Waals surface area contributed by atoms with Crippen LogP contribution in [0.15, 0.2) is 64.8 Å². The van der Waals surface area contributed by atoms with E-state index in [0.717, 1.165) is 5.69 Å². The second-order valence-electron chi connectivity index (χ2n) is 3.02. The molecule has 75 valence electrons. The van der Waals surface area contributed by atoms with Gasteiger partial charge in [0.05, 0.1) is 5.69 Å². The summed E-state index contributed by atoms with van der Waals surface area (Å²) >= 11 is 0. The normalized spacial score (nSPS) is 10.7. The quantitative estimate of drug-likeness (QED) is 0.732. The zero-order valence-electron chi connectivity index (χ0n) is 9.04. The summed E-state index contributed by atoms with van der Waals surface area (Å²) in [4.78, 5) is 0. The average molecular weight is 199 g/mol. The second kappa shape index (κ2) is 4.37. The zero-order chi connectivity index (χ0) is 10.5. The Kier molecular flexibility index (Phi) is 2.74. The van der Waals surface area contributed by atoms with E-state index in [1.165, 1.54) is 0 Å². The minimum absolute atomic E-state index is 0. The molecule has 0 spiro atoms. The molecule has 0 saturated heterocycles. The van der Waals surface area contributed by atoms with E-state index in [2.05, 4.69) is 10.2 Å². The summed E-state index contributed by atoms with van der Waals surface area (Å²) in [5.74, 6) is 0.136. The second-order valence-corrected chi connectivity index (χ2v) is 3.02. The maximum atomic E-state index is 9.43. The number of nitrogens with zero attached hydrogens (tertiary/aromatic N) is 2. The van der Waals surface area contributed by atoms with Crippen LogP contribution in [0, 0.1) is 0 Å². The highest BCUT2D eigenvalue weighted by Gasteiger charge is 1.95. The first-order valence-electron chi connectivity index (χ1n) is 4.61. The average Bonchev–Trinajstić information content (AvgIpc) is 2.29. The molecule has 2 rings (SSSR count).